The summed E-state index contributed by atoms with van der Waals surface area (Å²) in [5, 5.41) is 16.0. The van der Waals surface area contributed by atoms with Crippen LogP contribution in [-0.4, -0.2) is 35.7 Å². The number of aliphatic hydroxyl groups excluding tert-OH is 1. The molecule has 0 bridgehead atoms. The SMILES string of the molecule is O=C(NC1CCCCC1O)C1CCCCN1. The lowest BCUT2D eigenvalue weighted by Crippen LogP contribution is -2.53. The van der Waals surface area contributed by atoms with E-state index in [0.29, 0.717) is 0 Å². The Balaban J connectivity index is 1.80. The van der Waals surface area contributed by atoms with Crippen molar-refractivity contribution in [3.8, 4) is 0 Å². The monoisotopic (exact) mass is 226 g/mol. The molecule has 3 unspecified atom stereocenters. The van der Waals surface area contributed by atoms with Crippen molar-refractivity contribution in [3.63, 3.8) is 0 Å². The fraction of sp³-hybridized carbons (Fsp3) is 0.917. The Bertz CT molecular complexity index is 239. The molecule has 4 heteroatoms. The van der Waals surface area contributed by atoms with E-state index in [4.69, 9.17) is 0 Å². The molecule has 0 aromatic heterocycles. The van der Waals surface area contributed by atoms with Crippen LogP contribution in [0, 0.1) is 0 Å². The second-order valence-corrected chi connectivity index (χ2v) is 4.97. The molecule has 1 heterocycles. The van der Waals surface area contributed by atoms with E-state index in [1.807, 2.05) is 0 Å². The molecule has 3 atom stereocenters. The van der Waals surface area contributed by atoms with E-state index >= 15 is 0 Å². The summed E-state index contributed by atoms with van der Waals surface area (Å²) in [4.78, 5) is 11.9. The van der Waals surface area contributed by atoms with Gasteiger partial charge in [-0.25, -0.2) is 0 Å². The zero-order valence-corrected chi connectivity index (χ0v) is 9.74. The van der Waals surface area contributed by atoms with Crippen LogP contribution in [0.3, 0.4) is 0 Å². The van der Waals surface area contributed by atoms with E-state index in [2.05, 4.69) is 10.6 Å². The van der Waals surface area contributed by atoms with Gasteiger partial charge in [0.15, 0.2) is 0 Å². The van der Waals surface area contributed by atoms with Crippen molar-refractivity contribution in [2.75, 3.05) is 6.54 Å². The van der Waals surface area contributed by atoms with Crippen molar-refractivity contribution in [3.05, 3.63) is 0 Å². The van der Waals surface area contributed by atoms with Crippen molar-refractivity contribution in [2.45, 2.75) is 63.1 Å². The number of nitrogens with one attached hydrogen (secondary N) is 2. The largest absolute Gasteiger partial charge is 0.391 e. The topological polar surface area (TPSA) is 61.4 Å². The average molecular weight is 226 g/mol. The zero-order valence-electron chi connectivity index (χ0n) is 9.74. The molecule has 16 heavy (non-hydrogen) atoms. The molecule has 0 aromatic carbocycles. The van der Waals surface area contributed by atoms with Gasteiger partial charge in [-0.1, -0.05) is 19.3 Å². The first kappa shape index (κ1) is 11.9. The number of amides is 1. The van der Waals surface area contributed by atoms with Crippen molar-refractivity contribution in [1.29, 1.82) is 0 Å². The summed E-state index contributed by atoms with van der Waals surface area (Å²) in [5.41, 5.74) is 0. The molecule has 1 saturated carbocycles. The van der Waals surface area contributed by atoms with E-state index in [0.717, 1.165) is 51.5 Å². The first-order chi connectivity index (χ1) is 7.77. The Labute approximate surface area is 96.8 Å². The molecule has 0 radical (unpaired) electrons. The fourth-order valence-electron chi connectivity index (χ4n) is 2.64. The third kappa shape index (κ3) is 2.95. The van der Waals surface area contributed by atoms with Crippen LogP contribution in [0.2, 0.25) is 0 Å². The molecule has 1 aliphatic heterocycles. The summed E-state index contributed by atoms with van der Waals surface area (Å²) in [6.45, 7) is 0.936. The van der Waals surface area contributed by atoms with Crippen LogP contribution in [0.1, 0.15) is 44.9 Å². The lowest BCUT2D eigenvalue weighted by atomic mass is 9.92. The molecule has 2 aliphatic rings. The first-order valence-corrected chi connectivity index (χ1v) is 6.49. The molecule has 1 aliphatic carbocycles. The highest BCUT2D eigenvalue weighted by Gasteiger charge is 2.28. The minimum absolute atomic E-state index is 0.0232. The Morgan fingerprint density at radius 3 is 2.56 bits per heavy atom. The summed E-state index contributed by atoms with van der Waals surface area (Å²) in [5.74, 6) is 0.0747. The molecule has 2 fully saturated rings. The van der Waals surface area contributed by atoms with Crippen LogP contribution in [0.5, 0.6) is 0 Å². The molecule has 0 aromatic rings. The third-order valence-corrected chi connectivity index (χ3v) is 3.68. The van der Waals surface area contributed by atoms with Crippen LogP contribution in [0.4, 0.5) is 0 Å². The lowest BCUT2D eigenvalue weighted by molar-refractivity contribution is -0.125. The summed E-state index contributed by atoms with van der Waals surface area (Å²) in [6, 6.07) is -0.0622. The standard InChI is InChI=1S/C12H22N2O2/c15-11-7-2-1-5-9(11)14-12(16)10-6-3-4-8-13-10/h9-11,13,15H,1-8H2,(H,14,16). The van der Waals surface area contributed by atoms with Gasteiger partial charge >= 0.3 is 0 Å². The second-order valence-electron chi connectivity index (χ2n) is 4.97. The van der Waals surface area contributed by atoms with Gasteiger partial charge in [-0.15, -0.1) is 0 Å². The lowest BCUT2D eigenvalue weighted by Gasteiger charge is -2.31. The second kappa shape index (κ2) is 5.64. The normalized spacial score (nSPS) is 35.7. The van der Waals surface area contributed by atoms with Gasteiger partial charge in [0.2, 0.25) is 5.91 Å². The number of hydrogen-bond acceptors (Lipinski definition) is 3. The minimum Gasteiger partial charge on any atom is -0.391 e. The van der Waals surface area contributed by atoms with Gasteiger partial charge in [-0.3, -0.25) is 4.79 Å². The van der Waals surface area contributed by atoms with Crippen LogP contribution in [-0.2, 0) is 4.79 Å². The van der Waals surface area contributed by atoms with E-state index in [1.54, 1.807) is 0 Å². The maximum Gasteiger partial charge on any atom is 0.237 e. The Kier molecular flexibility index (Phi) is 4.18. The van der Waals surface area contributed by atoms with E-state index in [9.17, 15) is 9.90 Å². The Morgan fingerprint density at radius 1 is 1.12 bits per heavy atom. The van der Waals surface area contributed by atoms with Crippen LogP contribution in [0.15, 0.2) is 0 Å². The highest BCUT2D eigenvalue weighted by atomic mass is 16.3. The predicted octanol–water partition coefficient (Wildman–Crippen LogP) is 0.548. The number of carbonyl (C=O) groups excluding carboxylic acids is 1. The molecule has 4 nitrogen and oxygen atoms in total. The number of hydrogen-bond donors (Lipinski definition) is 3. The number of aliphatic hydroxyl groups is 1. The third-order valence-electron chi connectivity index (χ3n) is 3.68. The summed E-state index contributed by atoms with van der Waals surface area (Å²) >= 11 is 0. The molecule has 1 saturated heterocycles. The van der Waals surface area contributed by atoms with Gasteiger partial charge in [0.05, 0.1) is 18.2 Å². The maximum absolute atomic E-state index is 11.9. The molecule has 2 rings (SSSR count). The minimum atomic E-state index is -0.346. The smallest absolute Gasteiger partial charge is 0.237 e. The average Bonchev–Trinajstić information content (AvgIpc) is 2.33. The van der Waals surface area contributed by atoms with E-state index < -0.39 is 0 Å². The highest BCUT2D eigenvalue weighted by Crippen LogP contribution is 2.18. The fourth-order valence-corrected chi connectivity index (χ4v) is 2.64. The Hall–Kier alpha value is -0.610. The van der Waals surface area contributed by atoms with Gasteiger partial charge in [-0.2, -0.15) is 0 Å². The molecule has 1 amide bonds. The Morgan fingerprint density at radius 2 is 1.88 bits per heavy atom. The molecule has 0 spiro atoms. The summed E-state index contributed by atoms with van der Waals surface area (Å²) in [7, 11) is 0. The van der Waals surface area contributed by atoms with Crippen molar-refractivity contribution in [2.24, 2.45) is 0 Å². The number of carbonyl (C=O) groups is 1. The van der Waals surface area contributed by atoms with Gasteiger partial charge in [0.25, 0.3) is 0 Å². The van der Waals surface area contributed by atoms with Crippen LogP contribution in [0.25, 0.3) is 0 Å². The zero-order chi connectivity index (χ0) is 11.4. The number of rotatable bonds is 2. The molecule has 3 N–H and O–H groups in total. The maximum atomic E-state index is 11.9. The van der Waals surface area contributed by atoms with Gasteiger partial charge in [-0.05, 0) is 32.2 Å². The van der Waals surface area contributed by atoms with Gasteiger partial charge < -0.3 is 15.7 Å². The molecular formula is C12H22N2O2. The van der Waals surface area contributed by atoms with Crippen molar-refractivity contribution >= 4 is 5.91 Å². The van der Waals surface area contributed by atoms with Crippen LogP contribution < -0.4 is 10.6 Å². The first-order valence-electron chi connectivity index (χ1n) is 6.49. The molecular weight excluding hydrogens is 204 g/mol. The van der Waals surface area contributed by atoms with Crippen LogP contribution >= 0.6 is 0 Å². The van der Waals surface area contributed by atoms with Gasteiger partial charge in [0, 0.05) is 0 Å². The summed E-state index contributed by atoms with van der Waals surface area (Å²) in [6.07, 6.45) is 6.79. The van der Waals surface area contributed by atoms with E-state index in [1.165, 1.54) is 0 Å². The predicted molar refractivity (Wildman–Crippen MR) is 62.0 cm³/mol. The van der Waals surface area contributed by atoms with E-state index in [-0.39, 0.29) is 24.1 Å². The van der Waals surface area contributed by atoms with Crippen molar-refractivity contribution in [1.82, 2.24) is 10.6 Å². The molecule has 92 valence electrons. The number of piperidine rings is 1. The highest BCUT2D eigenvalue weighted by molar-refractivity contribution is 5.82. The summed E-state index contributed by atoms with van der Waals surface area (Å²) < 4.78 is 0. The quantitative estimate of drug-likeness (QED) is 0.644. The van der Waals surface area contributed by atoms with Gasteiger partial charge in [0.1, 0.15) is 0 Å². The van der Waals surface area contributed by atoms with Crippen molar-refractivity contribution < 1.29 is 9.90 Å².